The first-order valence-electron chi connectivity index (χ1n) is 14.2. The van der Waals surface area contributed by atoms with Crippen LogP contribution in [0.2, 0.25) is 0 Å². The molecule has 0 amide bonds. The predicted molar refractivity (Wildman–Crippen MR) is 154 cm³/mol. The molecule has 0 spiro atoms. The highest BCUT2D eigenvalue weighted by Crippen LogP contribution is 2.35. The van der Waals surface area contributed by atoms with Gasteiger partial charge in [-0.2, -0.15) is 0 Å². The normalized spacial score (nSPS) is 12.2. The maximum absolute atomic E-state index is 6.18. The number of rotatable bonds is 14. The first kappa shape index (κ1) is 30.2. The number of aryl methyl sites for hydroxylation is 4. The quantitative estimate of drug-likeness (QED) is 0.246. The highest BCUT2D eigenvalue weighted by atomic mass is 16.5. The molecular weight excluding hydrogens is 444 g/mol. The SMILES string of the molecule is CCc1cc(C(C)(C)C)c(CC)cc1OCCOCCOc1cc(CC)c(C(C)(C)CC)cc1CC. The Hall–Kier alpha value is -2.00. The van der Waals surface area contributed by atoms with Crippen LogP contribution in [0.1, 0.15) is 109 Å². The van der Waals surface area contributed by atoms with Crippen molar-refractivity contribution in [1.82, 2.24) is 0 Å². The summed E-state index contributed by atoms with van der Waals surface area (Å²) in [5, 5.41) is 0. The molecule has 0 fully saturated rings. The Bertz CT molecular complexity index is 966. The summed E-state index contributed by atoms with van der Waals surface area (Å²) < 4.78 is 18.2. The van der Waals surface area contributed by atoms with E-state index in [9.17, 15) is 0 Å². The zero-order valence-electron chi connectivity index (χ0n) is 24.9. The molecule has 0 saturated carbocycles. The van der Waals surface area contributed by atoms with Gasteiger partial charge in [-0.05, 0) is 88.4 Å². The molecule has 0 aromatic heterocycles. The van der Waals surface area contributed by atoms with E-state index in [1.165, 1.54) is 33.4 Å². The highest BCUT2D eigenvalue weighted by Gasteiger charge is 2.23. The van der Waals surface area contributed by atoms with Crippen LogP contribution in [0.15, 0.2) is 24.3 Å². The van der Waals surface area contributed by atoms with Gasteiger partial charge >= 0.3 is 0 Å². The third-order valence-corrected chi connectivity index (χ3v) is 7.49. The van der Waals surface area contributed by atoms with Crippen LogP contribution < -0.4 is 9.47 Å². The Balaban J connectivity index is 1.92. The van der Waals surface area contributed by atoms with E-state index in [0.29, 0.717) is 26.4 Å². The molecule has 0 N–H and O–H groups in total. The summed E-state index contributed by atoms with van der Waals surface area (Å²) in [6.45, 7) is 24.8. The number of hydrogen-bond acceptors (Lipinski definition) is 3. The van der Waals surface area contributed by atoms with Gasteiger partial charge < -0.3 is 14.2 Å². The number of hydrogen-bond donors (Lipinski definition) is 0. The van der Waals surface area contributed by atoms with E-state index >= 15 is 0 Å². The Morgan fingerprint density at radius 1 is 0.528 bits per heavy atom. The minimum atomic E-state index is 0.138. The van der Waals surface area contributed by atoms with Gasteiger partial charge in [0.25, 0.3) is 0 Å². The molecule has 202 valence electrons. The second kappa shape index (κ2) is 13.5. The van der Waals surface area contributed by atoms with Crippen molar-refractivity contribution in [3.05, 3.63) is 57.6 Å². The topological polar surface area (TPSA) is 27.7 Å². The van der Waals surface area contributed by atoms with E-state index in [1.807, 2.05) is 0 Å². The first-order chi connectivity index (χ1) is 17.0. The summed E-state index contributed by atoms with van der Waals surface area (Å²) in [6.07, 6.45) is 5.08. The van der Waals surface area contributed by atoms with Crippen molar-refractivity contribution in [2.45, 2.75) is 112 Å². The van der Waals surface area contributed by atoms with Gasteiger partial charge in [-0.1, -0.05) is 81.4 Å². The second-order valence-corrected chi connectivity index (χ2v) is 11.4. The third-order valence-electron chi connectivity index (χ3n) is 7.49. The van der Waals surface area contributed by atoms with Gasteiger partial charge in [0, 0.05) is 0 Å². The van der Waals surface area contributed by atoms with Gasteiger partial charge in [-0.3, -0.25) is 0 Å². The van der Waals surface area contributed by atoms with Crippen LogP contribution in [0.3, 0.4) is 0 Å². The lowest BCUT2D eigenvalue weighted by Crippen LogP contribution is -2.19. The van der Waals surface area contributed by atoms with Crippen LogP contribution in [0.4, 0.5) is 0 Å². The van der Waals surface area contributed by atoms with E-state index in [0.717, 1.165) is 43.6 Å². The zero-order chi connectivity index (χ0) is 26.9. The van der Waals surface area contributed by atoms with E-state index < -0.39 is 0 Å². The van der Waals surface area contributed by atoms with Gasteiger partial charge in [0.05, 0.1) is 13.2 Å². The first-order valence-corrected chi connectivity index (χ1v) is 14.2. The maximum Gasteiger partial charge on any atom is 0.122 e. The van der Waals surface area contributed by atoms with Gasteiger partial charge in [0.2, 0.25) is 0 Å². The average Bonchev–Trinajstić information content (AvgIpc) is 2.86. The Kier molecular flexibility index (Phi) is 11.3. The fourth-order valence-corrected chi connectivity index (χ4v) is 4.78. The van der Waals surface area contributed by atoms with Gasteiger partial charge in [0.1, 0.15) is 24.7 Å². The largest absolute Gasteiger partial charge is 0.491 e. The van der Waals surface area contributed by atoms with Crippen molar-refractivity contribution in [2.24, 2.45) is 0 Å². The molecule has 3 heteroatoms. The molecule has 0 bridgehead atoms. The summed E-state index contributed by atoms with van der Waals surface area (Å²) >= 11 is 0. The molecule has 0 radical (unpaired) electrons. The van der Waals surface area contributed by atoms with Crippen molar-refractivity contribution in [2.75, 3.05) is 26.4 Å². The molecule has 0 unspecified atom stereocenters. The van der Waals surface area contributed by atoms with Gasteiger partial charge in [0.15, 0.2) is 0 Å². The molecule has 3 nitrogen and oxygen atoms in total. The number of ether oxygens (including phenoxy) is 3. The monoisotopic (exact) mass is 496 g/mol. The van der Waals surface area contributed by atoms with Crippen molar-refractivity contribution < 1.29 is 14.2 Å². The molecule has 0 saturated heterocycles. The lowest BCUT2D eigenvalue weighted by atomic mass is 9.78. The summed E-state index contributed by atoms with van der Waals surface area (Å²) in [7, 11) is 0. The van der Waals surface area contributed by atoms with E-state index in [-0.39, 0.29) is 10.8 Å². The molecule has 0 atom stereocenters. The van der Waals surface area contributed by atoms with Gasteiger partial charge in [-0.25, -0.2) is 0 Å². The molecule has 0 heterocycles. The van der Waals surface area contributed by atoms with Gasteiger partial charge in [-0.15, -0.1) is 0 Å². The molecule has 0 aliphatic rings. The lowest BCUT2D eigenvalue weighted by Gasteiger charge is -2.28. The standard InChI is InChI=1S/C33H52O3/c1-11-24-22-30(26(13-3)20-28(24)32(6,7)8)35-18-16-34-17-19-36-31-23-25(12-2)29(21-27(31)14-4)33(9,10)15-5/h20-23H,11-19H2,1-10H3. The maximum atomic E-state index is 6.18. The summed E-state index contributed by atoms with van der Waals surface area (Å²) in [5.74, 6) is 2.00. The minimum absolute atomic E-state index is 0.138. The highest BCUT2D eigenvalue weighted by molar-refractivity contribution is 5.46. The molecule has 2 aromatic rings. The average molecular weight is 497 g/mol. The summed E-state index contributed by atoms with van der Waals surface area (Å²) in [4.78, 5) is 0. The zero-order valence-corrected chi connectivity index (χ0v) is 24.9. The number of benzene rings is 2. The molecule has 2 aromatic carbocycles. The van der Waals surface area contributed by atoms with Crippen LogP contribution in [0, 0.1) is 0 Å². The summed E-state index contributed by atoms with van der Waals surface area (Å²) in [6, 6.07) is 9.20. The Labute approximate surface area is 221 Å². The Morgan fingerprint density at radius 2 is 0.944 bits per heavy atom. The smallest absolute Gasteiger partial charge is 0.122 e. The van der Waals surface area contributed by atoms with Crippen LogP contribution in [0.5, 0.6) is 11.5 Å². The fourth-order valence-electron chi connectivity index (χ4n) is 4.78. The van der Waals surface area contributed by atoms with Crippen molar-refractivity contribution in [1.29, 1.82) is 0 Å². The second-order valence-electron chi connectivity index (χ2n) is 11.4. The summed E-state index contributed by atoms with van der Waals surface area (Å²) in [5.41, 5.74) is 8.51. The lowest BCUT2D eigenvalue weighted by molar-refractivity contribution is 0.0759. The minimum Gasteiger partial charge on any atom is -0.491 e. The molecule has 2 rings (SSSR count). The Morgan fingerprint density at radius 3 is 1.33 bits per heavy atom. The van der Waals surface area contributed by atoms with Crippen molar-refractivity contribution in [3.63, 3.8) is 0 Å². The molecule has 36 heavy (non-hydrogen) atoms. The molecule has 0 aliphatic carbocycles. The van der Waals surface area contributed by atoms with Crippen LogP contribution in [0.25, 0.3) is 0 Å². The third kappa shape index (κ3) is 7.75. The predicted octanol–water partition coefficient (Wildman–Crippen LogP) is 8.40. The molecule has 0 aliphatic heterocycles. The fraction of sp³-hybridized carbons (Fsp3) is 0.636. The molecular formula is C33H52O3. The van der Waals surface area contributed by atoms with E-state index in [1.54, 1.807) is 0 Å². The van der Waals surface area contributed by atoms with Crippen molar-refractivity contribution >= 4 is 0 Å². The van der Waals surface area contributed by atoms with Crippen LogP contribution >= 0.6 is 0 Å². The van der Waals surface area contributed by atoms with E-state index in [2.05, 4.69) is 93.5 Å². The van der Waals surface area contributed by atoms with Crippen LogP contribution in [-0.4, -0.2) is 26.4 Å². The van der Waals surface area contributed by atoms with E-state index in [4.69, 9.17) is 14.2 Å². The van der Waals surface area contributed by atoms with Crippen molar-refractivity contribution in [3.8, 4) is 11.5 Å². The van der Waals surface area contributed by atoms with Crippen LogP contribution in [-0.2, 0) is 41.3 Å².